The average molecular weight is 287 g/mol. The van der Waals surface area contributed by atoms with Crippen molar-refractivity contribution in [2.75, 3.05) is 32.6 Å². The van der Waals surface area contributed by atoms with E-state index >= 15 is 0 Å². The molecule has 1 N–H and O–H groups in total. The van der Waals surface area contributed by atoms with Gasteiger partial charge in [0.15, 0.2) is 0 Å². The summed E-state index contributed by atoms with van der Waals surface area (Å²) in [6, 6.07) is 10.3. The molecular weight excluding hydrogens is 262 g/mol. The van der Waals surface area contributed by atoms with Gasteiger partial charge in [0.1, 0.15) is 12.4 Å². The quantitative estimate of drug-likeness (QED) is 0.809. The van der Waals surface area contributed by atoms with Crippen molar-refractivity contribution in [3.8, 4) is 5.75 Å². The molecule has 0 unspecified atom stereocenters. The van der Waals surface area contributed by atoms with E-state index in [1.54, 1.807) is 0 Å². The lowest BCUT2D eigenvalue weighted by Gasteiger charge is -2.12. The second kappa shape index (κ2) is 7.74. The molecule has 0 bridgehead atoms. The van der Waals surface area contributed by atoms with Crippen LogP contribution in [0.1, 0.15) is 12.5 Å². The second-order valence-electron chi connectivity index (χ2n) is 5.38. The van der Waals surface area contributed by atoms with Gasteiger partial charge in [-0.25, -0.2) is 0 Å². The fraction of sp³-hybridized carbons (Fsp3) is 0.412. The van der Waals surface area contributed by atoms with Crippen molar-refractivity contribution in [1.29, 1.82) is 0 Å². The van der Waals surface area contributed by atoms with Gasteiger partial charge in [0.25, 0.3) is 0 Å². The minimum Gasteiger partial charge on any atom is -0.492 e. The number of hydrogen-bond donors (Lipinski definition) is 1. The van der Waals surface area contributed by atoms with Crippen molar-refractivity contribution in [1.82, 2.24) is 9.47 Å². The lowest BCUT2D eigenvalue weighted by Crippen LogP contribution is -2.19. The van der Waals surface area contributed by atoms with Crippen LogP contribution in [0.3, 0.4) is 0 Å². The van der Waals surface area contributed by atoms with Crippen LogP contribution in [0.5, 0.6) is 5.75 Å². The van der Waals surface area contributed by atoms with E-state index in [0.717, 1.165) is 31.1 Å². The van der Waals surface area contributed by atoms with E-state index in [1.165, 1.54) is 5.56 Å². The topological polar surface area (TPSA) is 29.4 Å². The molecule has 2 rings (SSSR count). The minimum atomic E-state index is 0.704. The summed E-state index contributed by atoms with van der Waals surface area (Å²) in [7, 11) is 4.09. The third-order valence-corrected chi connectivity index (χ3v) is 3.31. The zero-order valence-corrected chi connectivity index (χ0v) is 13.2. The molecule has 2 aromatic rings. The maximum Gasteiger partial charge on any atom is 0.121 e. The number of hydrogen-bond acceptors (Lipinski definition) is 3. The summed E-state index contributed by atoms with van der Waals surface area (Å²) in [5, 5.41) is 3.43. The lowest BCUT2D eigenvalue weighted by atomic mass is 10.2. The highest BCUT2D eigenvalue weighted by Gasteiger charge is 1.99. The average Bonchev–Trinajstić information content (AvgIpc) is 2.93. The van der Waals surface area contributed by atoms with Crippen molar-refractivity contribution in [3.05, 3.63) is 48.3 Å². The van der Waals surface area contributed by atoms with E-state index in [9.17, 15) is 0 Å². The smallest absolute Gasteiger partial charge is 0.121 e. The molecule has 0 aliphatic carbocycles. The van der Waals surface area contributed by atoms with Gasteiger partial charge in [-0.05, 0) is 44.8 Å². The Labute approximate surface area is 127 Å². The predicted molar refractivity (Wildman–Crippen MR) is 87.9 cm³/mol. The van der Waals surface area contributed by atoms with E-state index in [0.29, 0.717) is 6.61 Å². The van der Waals surface area contributed by atoms with Gasteiger partial charge in [-0.3, -0.25) is 0 Å². The largest absolute Gasteiger partial charge is 0.492 e. The van der Waals surface area contributed by atoms with Crippen LogP contribution in [0.25, 0.3) is 0 Å². The summed E-state index contributed by atoms with van der Waals surface area (Å²) >= 11 is 0. The van der Waals surface area contributed by atoms with E-state index in [-0.39, 0.29) is 0 Å². The van der Waals surface area contributed by atoms with Gasteiger partial charge in [-0.2, -0.15) is 0 Å². The molecule has 4 nitrogen and oxygen atoms in total. The molecule has 0 spiro atoms. The third kappa shape index (κ3) is 5.16. The first-order valence-electron chi connectivity index (χ1n) is 7.43. The molecule has 114 valence electrons. The Bertz CT molecular complexity index is 548. The van der Waals surface area contributed by atoms with Crippen molar-refractivity contribution >= 4 is 5.69 Å². The Balaban J connectivity index is 1.85. The molecule has 1 heterocycles. The molecule has 4 heteroatoms. The Morgan fingerprint density at radius 3 is 2.81 bits per heavy atom. The van der Waals surface area contributed by atoms with Crippen LogP contribution in [0.2, 0.25) is 0 Å². The van der Waals surface area contributed by atoms with Crippen LogP contribution in [-0.2, 0) is 13.1 Å². The molecule has 0 aliphatic heterocycles. The van der Waals surface area contributed by atoms with E-state index < -0.39 is 0 Å². The fourth-order valence-corrected chi connectivity index (χ4v) is 2.04. The van der Waals surface area contributed by atoms with Crippen LogP contribution in [-0.4, -0.2) is 36.7 Å². The molecule has 0 saturated carbocycles. The van der Waals surface area contributed by atoms with Gasteiger partial charge in [0, 0.05) is 43.8 Å². The zero-order chi connectivity index (χ0) is 15.1. The number of anilines is 1. The first kappa shape index (κ1) is 15.4. The summed E-state index contributed by atoms with van der Waals surface area (Å²) in [5.41, 5.74) is 2.37. The summed E-state index contributed by atoms with van der Waals surface area (Å²) in [6.45, 7) is 5.60. The molecule has 1 aromatic carbocycles. The molecule has 0 aliphatic rings. The van der Waals surface area contributed by atoms with E-state index in [2.05, 4.69) is 46.2 Å². The SMILES string of the molecule is CCn1ccc(CNc2cccc(OCCN(C)C)c2)c1. The number of aromatic nitrogens is 1. The number of ether oxygens (including phenoxy) is 1. The molecule has 0 amide bonds. The van der Waals surface area contributed by atoms with Gasteiger partial charge in [0.2, 0.25) is 0 Å². The number of likely N-dealkylation sites (N-methyl/N-ethyl adjacent to an activating group) is 1. The standard InChI is InChI=1S/C17H25N3O/c1-4-20-9-8-15(14-20)13-18-16-6-5-7-17(12-16)21-11-10-19(2)3/h5-9,12,14,18H,4,10-11,13H2,1-3H3. The number of rotatable bonds is 8. The zero-order valence-electron chi connectivity index (χ0n) is 13.2. The van der Waals surface area contributed by atoms with Crippen LogP contribution in [0.15, 0.2) is 42.7 Å². The third-order valence-electron chi connectivity index (χ3n) is 3.31. The number of nitrogens with zero attached hydrogens (tertiary/aromatic N) is 2. The Kier molecular flexibility index (Phi) is 5.69. The molecule has 1 aromatic heterocycles. The fourth-order valence-electron chi connectivity index (χ4n) is 2.04. The summed E-state index contributed by atoms with van der Waals surface area (Å²) in [4.78, 5) is 2.11. The van der Waals surface area contributed by atoms with Gasteiger partial charge >= 0.3 is 0 Å². The molecule has 0 atom stereocenters. The highest BCUT2D eigenvalue weighted by Crippen LogP contribution is 2.18. The van der Waals surface area contributed by atoms with Gasteiger partial charge in [-0.15, -0.1) is 0 Å². The van der Waals surface area contributed by atoms with Crippen LogP contribution >= 0.6 is 0 Å². The molecule has 0 fully saturated rings. The normalized spacial score (nSPS) is 10.9. The van der Waals surface area contributed by atoms with Gasteiger partial charge < -0.3 is 19.5 Å². The molecular formula is C17H25N3O. The molecule has 21 heavy (non-hydrogen) atoms. The van der Waals surface area contributed by atoms with Crippen molar-refractivity contribution < 1.29 is 4.74 Å². The maximum atomic E-state index is 5.75. The van der Waals surface area contributed by atoms with Crippen LogP contribution in [0.4, 0.5) is 5.69 Å². The highest BCUT2D eigenvalue weighted by molar-refractivity contribution is 5.48. The van der Waals surface area contributed by atoms with Crippen molar-refractivity contribution in [2.45, 2.75) is 20.0 Å². The van der Waals surface area contributed by atoms with Crippen molar-refractivity contribution in [3.63, 3.8) is 0 Å². The second-order valence-corrected chi connectivity index (χ2v) is 5.38. The first-order chi connectivity index (χ1) is 10.2. The predicted octanol–water partition coefficient (Wildman–Crippen LogP) is 3.06. The molecule has 0 radical (unpaired) electrons. The highest BCUT2D eigenvalue weighted by atomic mass is 16.5. The number of nitrogens with one attached hydrogen (secondary N) is 1. The Morgan fingerprint density at radius 1 is 1.24 bits per heavy atom. The van der Waals surface area contributed by atoms with Crippen molar-refractivity contribution in [2.24, 2.45) is 0 Å². The molecule has 0 saturated heterocycles. The summed E-state index contributed by atoms with van der Waals surface area (Å²) < 4.78 is 7.92. The summed E-state index contributed by atoms with van der Waals surface area (Å²) in [6.07, 6.45) is 4.28. The van der Waals surface area contributed by atoms with Gasteiger partial charge in [0.05, 0.1) is 0 Å². The minimum absolute atomic E-state index is 0.704. The van der Waals surface area contributed by atoms with Crippen LogP contribution < -0.4 is 10.1 Å². The monoisotopic (exact) mass is 287 g/mol. The van der Waals surface area contributed by atoms with Gasteiger partial charge in [-0.1, -0.05) is 6.07 Å². The lowest BCUT2D eigenvalue weighted by molar-refractivity contribution is 0.261. The number of benzene rings is 1. The van der Waals surface area contributed by atoms with Crippen LogP contribution in [0, 0.1) is 0 Å². The summed E-state index contributed by atoms with van der Waals surface area (Å²) in [5.74, 6) is 0.910. The number of aryl methyl sites for hydroxylation is 1. The van der Waals surface area contributed by atoms with E-state index in [1.807, 2.05) is 32.3 Å². The maximum absolute atomic E-state index is 5.75. The first-order valence-corrected chi connectivity index (χ1v) is 7.43. The van der Waals surface area contributed by atoms with E-state index in [4.69, 9.17) is 4.74 Å². The Hall–Kier alpha value is -1.94. The Morgan fingerprint density at radius 2 is 2.10 bits per heavy atom.